The number of anilines is 3. The Morgan fingerprint density at radius 1 is 1.11 bits per heavy atom. The molecule has 2 saturated heterocycles. The first-order valence-corrected chi connectivity index (χ1v) is 9.99. The summed E-state index contributed by atoms with van der Waals surface area (Å²) in [7, 11) is 0. The molecule has 0 spiro atoms. The molecule has 27 heavy (non-hydrogen) atoms. The highest BCUT2D eigenvalue weighted by Gasteiger charge is 2.28. The van der Waals surface area contributed by atoms with Crippen molar-refractivity contribution < 1.29 is 4.74 Å². The van der Waals surface area contributed by atoms with E-state index in [2.05, 4.69) is 31.9 Å². The number of aromatic nitrogens is 2. The molecular weight excluding hydrogens is 362 g/mol. The molecule has 2 fully saturated rings. The van der Waals surface area contributed by atoms with Gasteiger partial charge in [-0.1, -0.05) is 11.6 Å². The third-order valence-electron chi connectivity index (χ3n) is 5.30. The van der Waals surface area contributed by atoms with Gasteiger partial charge in [0.15, 0.2) is 0 Å². The van der Waals surface area contributed by atoms with Gasteiger partial charge in [0.1, 0.15) is 5.82 Å². The molecule has 6 nitrogen and oxygen atoms in total. The van der Waals surface area contributed by atoms with Crippen molar-refractivity contribution in [2.45, 2.75) is 32.2 Å². The van der Waals surface area contributed by atoms with E-state index in [1.54, 1.807) is 0 Å². The largest absolute Gasteiger partial charge is 0.379 e. The second-order valence-corrected chi connectivity index (χ2v) is 7.67. The van der Waals surface area contributed by atoms with Gasteiger partial charge >= 0.3 is 0 Å². The lowest BCUT2D eigenvalue weighted by Gasteiger charge is -2.32. The maximum absolute atomic E-state index is 6.65. The molecule has 0 radical (unpaired) electrons. The SMILES string of the molecule is Cc1cc(N2CCCOC[C@H]2c2cc(N3CCCC3)ccc2Cl)nc(N)n1. The van der Waals surface area contributed by atoms with Crippen LogP contribution in [-0.2, 0) is 4.74 Å². The molecular formula is C20H26ClN5O. The molecule has 0 amide bonds. The van der Waals surface area contributed by atoms with Gasteiger partial charge in [0.2, 0.25) is 5.95 Å². The number of halogens is 1. The summed E-state index contributed by atoms with van der Waals surface area (Å²) < 4.78 is 5.91. The summed E-state index contributed by atoms with van der Waals surface area (Å²) in [5.74, 6) is 1.13. The van der Waals surface area contributed by atoms with Crippen molar-refractivity contribution >= 4 is 29.1 Å². The van der Waals surface area contributed by atoms with Gasteiger partial charge in [-0.25, -0.2) is 4.98 Å². The summed E-state index contributed by atoms with van der Waals surface area (Å²) in [5, 5.41) is 0.761. The van der Waals surface area contributed by atoms with Crippen LogP contribution in [0, 0.1) is 6.92 Å². The van der Waals surface area contributed by atoms with E-state index in [1.807, 2.05) is 19.1 Å². The summed E-state index contributed by atoms with van der Waals surface area (Å²) in [5.41, 5.74) is 9.09. The van der Waals surface area contributed by atoms with E-state index in [-0.39, 0.29) is 6.04 Å². The first kappa shape index (κ1) is 18.3. The fraction of sp³-hybridized carbons (Fsp3) is 0.500. The minimum Gasteiger partial charge on any atom is -0.379 e. The van der Waals surface area contributed by atoms with E-state index < -0.39 is 0 Å². The predicted molar refractivity (Wildman–Crippen MR) is 110 cm³/mol. The molecule has 1 aromatic carbocycles. The van der Waals surface area contributed by atoms with Crippen LogP contribution in [-0.4, -0.2) is 42.8 Å². The highest BCUT2D eigenvalue weighted by Crippen LogP contribution is 2.36. The smallest absolute Gasteiger partial charge is 0.222 e. The van der Waals surface area contributed by atoms with Crippen molar-refractivity contribution in [1.29, 1.82) is 0 Å². The average Bonchev–Trinajstić information content (AvgIpc) is 3.06. The molecule has 2 N–H and O–H groups in total. The Labute approximate surface area is 165 Å². The lowest BCUT2D eigenvalue weighted by Crippen LogP contribution is -2.32. The summed E-state index contributed by atoms with van der Waals surface area (Å²) >= 11 is 6.65. The van der Waals surface area contributed by atoms with E-state index in [1.165, 1.54) is 18.5 Å². The van der Waals surface area contributed by atoms with E-state index in [4.69, 9.17) is 22.1 Å². The Hall–Kier alpha value is -2.05. The van der Waals surface area contributed by atoms with Gasteiger partial charge < -0.3 is 20.3 Å². The molecule has 0 aliphatic carbocycles. The van der Waals surface area contributed by atoms with Crippen molar-refractivity contribution in [1.82, 2.24) is 9.97 Å². The minimum atomic E-state index is -0.00347. The maximum Gasteiger partial charge on any atom is 0.222 e. The second kappa shape index (κ2) is 7.90. The number of ether oxygens (including phenoxy) is 1. The van der Waals surface area contributed by atoms with Crippen molar-refractivity contribution in [2.75, 3.05) is 48.4 Å². The highest BCUT2D eigenvalue weighted by molar-refractivity contribution is 6.31. The van der Waals surface area contributed by atoms with Gasteiger partial charge in [-0.2, -0.15) is 4.98 Å². The summed E-state index contributed by atoms with van der Waals surface area (Å²) in [4.78, 5) is 13.4. The van der Waals surface area contributed by atoms with Gasteiger partial charge in [-0.15, -0.1) is 0 Å². The number of nitrogens with zero attached hydrogens (tertiary/aromatic N) is 4. The lowest BCUT2D eigenvalue weighted by atomic mass is 10.0. The van der Waals surface area contributed by atoms with Gasteiger partial charge in [-0.05, 0) is 49.9 Å². The number of hydrogen-bond donors (Lipinski definition) is 1. The second-order valence-electron chi connectivity index (χ2n) is 7.26. The number of nitrogen functional groups attached to an aromatic ring is 1. The Bertz CT molecular complexity index is 789. The number of rotatable bonds is 3. The Kier molecular flexibility index (Phi) is 5.36. The molecule has 7 heteroatoms. The van der Waals surface area contributed by atoms with Crippen LogP contribution in [0.1, 0.15) is 36.6 Å². The summed E-state index contributed by atoms with van der Waals surface area (Å²) in [6.07, 6.45) is 3.43. The van der Waals surface area contributed by atoms with Crippen LogP contribution < -0.4 is 15.5 Å². The molecule has 4 rings (SSSR count). The highest BCUT2D eigenvalue weighted by atomic mass is 35.5. The first-order chi connectivity index (χ1) is 13.1. The topological polar surface area (TPSA) is 67.5 Å². The molecule has 1 atom stereocenters. The molecule has 3 heterocycles. The fourth-order valence-electron chi connectivity index (χ4n) is 3.99. The van der Waals surface area contributed by atoms with Crippen LogP contribution in [0.3, 0.4) is 0 Å². The number of hydrogen-bond acceptors (Lipinski definition) is 6. The van der Waals surface area contributed by atoms with Crippen LogP contribution in [0.5, 0.6) is 0 Å². The zero-order valence-electron chi connectivity index (χ0n) is 15.7. The average molecular weight is 388 g/mol. The number of nitrogens with two attached hydrogens (primary N) is 1. The van der Waals surface area contributed by atoms with Crippen LogP contribution in [0.15, 0.2) is 24.3 Å². The van der Waals surface area contributed by atoms with Gasteiger partial charge in [-0.3, -0.25) is 0 Å². The van der Waals surface area contributed by atoms with Crippen LogP contribution in [0.2, 0.25) is 5.02 Å². The van der Waals surface area contributed by atoms with Gasteiger partial charge in [0.05, 0.1) is 12.6 Å². The van der Waals surface area contributed by atoms with E-state index in [0.29, 0.717) is 12.6 Å². The lowest BCUT2D eigenvalue weighted by molar-refractivity contribution is 0.134. The molecule has 1 aromatic heterocycles. The van der Waals surface area contributed by atoms with Crippen LogP contribution in [0.25, 0.3) is 0 Å². The summed E-state index contributed by atoms with van der Waals surface area (Å²) in [6.45, 7) is 6.29. The van der Waals surface area contributed by atoms with Gasteiger partial charge in [0.25, 0.3) is 0 Å². The first-order valence-electron chi connectivity index (χ1n) is 9.62. The van der Waals surface area contributed by atoms with Crippen molar-refractivity contribution in [3.63, 3.8) is 0 Å². The summed E-state index contributed by atoms with van der Waals surface area (Å²) in [6, 6.07) is 8.32. The quantitative estimate of drug-likeness (QED) is 0.868. The normalized spacial score (nSPS) is 20.7. The molecule has 144 valence electrons. The van der Waals surface area contributed by atoms with Crippen molar-refractivity contribution in [3.8, 4) is 0 Å². The van der Waals surface area contributed by atoms with Crippen LogP contribution >= 0.6 is 11.6 Å². The fourth-order valence-corrected chi connectivity index (χ4v) is 4.23. The van der Waals surface area contributed by atoms with E-state index in [9.17, 15) is 0 Å². The van der Waals surface area contributed by atoms with Crippen molar-refractivity contribution in [2.24, 2.45) is 0 Å². The zero-order valence-corrected chi connectivity index (χ0v) is 16.5. The van der Waals surface area contributed by atoms with Gasteiger partial charge in [0, 0.05) is 48.7 Å². The Morgan fingerprint density at radius 3 is 2.70 bits per heavy atom. The van der Waals surface area contributed by atoms with Crippen LogP contribution in [0.4, 0.5) is 17.5 Å². The third-order valence-corrected chi connectivity index (χ3v) is 5.65. The standard InChI is InChI=1S/C20H26ClN5O/c1-14-11-19(24-20(22)23-14)26-9-4-10-27-13-18(26)16-12-15(5-6-17(16)21)25-7-2-3-8-25/h5-6,11-12,18H,2-4,7-10,13H2,1H3,(H2,22,23,24)/t18-/m0/s1. The predicted octanol–water partition coefficient (Wildman–Crippen LogP) is 3.59. The molecule has 2 aliphatic heterocycles. The number of aryl methyl sites for hydroxylation is 1. The molecule has 2 aromatic rings. The Balaban J connectivity index is 1.73. The monoisotopic (exact) mass is 387 g/mol. The Morgan fingerprint density at radius 2 is 1.93 bits per heavy atom. The number of benzene rings is 1. The zero-order chi connectivity index (χ0) is 18.8. The minimum absolute atomic E-state index is 0.00347. The molecule has 2 aliphatic rings. The molecule has 0 unspecified atom stereocenters. The molecule has 0 bridgehead atoms. The molecule has 0 saturated carbocycles. The van der Waals surface area contributed by atoms with Crippen molar-refractivity contribution in [3.05, 3.63) is 40.5 Å². The van der Waals surface area contributed by atoms with E-state index in [0.717, 1.165) is 54.8 Å². The third kappa shape index (κ3) is 3.96. The maximum atomic E-state index is 6.65. The van der Waals surface area contributed by atoms with E-state index >= 15 is 0 Å².